The summed E-state index contributed by atoms with van der Waals surface area (Å²) < 4.78 is 15.7. The highest BCUT2D eigenvalue weighted by atomic mass is 19.1. The molecular weight excluding hydrogens is 335 g/mol. The molecule has 1 aliphatic carbocycles. The number of alkyl halides is 1. The molecule has 2 N–H and O–H groups in total. The van der Waals surface area contributed by atoms with E-state index >= 15 is 0 Å². The topological polar surface area (TPSA) is 95.6 Å². The van der Waals surface area contributed by atoms with Gasteiger partial charge in [0.2, 0.25) is 5.95 Å². The Morgan fingerprint density at radius 2 is 2.15 bits per heavy atom. The molecule has 0 amide bonds. The molecule has 7 nitrogen and oxygen atoms in total. The number of halogens is 1. The van der Waals surface area contributed by atoms with Crippen LogP contribution in [-0.4, -0.2) is 39.8 Å². The lowest BCUT2D eigenvalue weighted by molar-refractivity contribution is 0.244. The van der Waals surface area contributed by atoms with Crippen molar-refractivity contribution in [3.63, 3.8) is 0 Å². The number of nitrogens with one attached hydrogen (secondary N) is 2. The van der Waals surface area contributed by atoms with Crippen LogP contribution in [0.15, 0.2) is 17.1 Å². The molecule has 0 bridgehead atoms. The summed E-state index contributed by atoms with van der Waals surface area (Å²) in [5.41, 5.74) is 0.320. The van der Waals surface area contributed by atoms with Crippen molar-refractivity contribution in [2.75, 3.05) is 18.4 Å². The Kier molecular flexibility index (Phi) is 4.55. The van der Waals surface area contributed by atoms with Crippen molar-refractivity contribution in [3.05, 3.63) is 28.2 Å². The van der Waals surface area contributed by atoms with Gasteiger partial charge < -0.3 is 10.6 Å². The fourth-order valence-electron chi connectivity index (χ4n) is 3.92. The van der Waals surface area contributed by atoms with Gasteiger partial charge in [0.15, 0.2) is 0 Å². The second-order valence-electron chi connectivity index (χ2n) is 7.02. The standard InChI is InChI=1S/C18H21FN6O/c19-14-10-21-6-5-15(14)23-18-22-9-12-7-11(8-20)17(26)25(16(12)24-18)13-3-1-2-4-13/h7,9,13-15,21H,1-6,10H2,(H,22,23,24). The summed E-state index contributed by atoms with van der Waals surface area (Å²) in [4.78, 5) is 21.5. The van der Waals surface area contributed by atoms with Crippen molar-refractivity contribution in [1.29, 1.82) is 5.26 Å². The molecule has 2 fully saturated rings. The van der Waals surface area contributed by atoms with Crippen molar-refractivity contribution in [1.82, 2.24) is 19.9 Å². The molecule has 1 saturated heterocycles. The Labute approximate surface area is 150 Å². The van der Waals surface area contributed by atoms with Crippen LogP contribution in [0.25, 0.3) is 11.0 Å². The van der Waals surface area contributed by atoms with E-state index in [4.69, 9.17) is 0 Å². The number of anilines is 1. The molecular formula is C18H21FN6O. The van der Waals surface area contributed by atoms with E-state index < -0.39 is 6.17 Å². The number of aromatic nitrogens is 3. The van der Waals surface area contributed by atoms with Crippen molar-refractivity contribution in [2.24, 2.45) is 0 Å². The molecule has 136 valence electrons. The second-order valence-corrected chi connectivity index (χ2v) is 7.02. The van der Waals surface area contributed by atoms with Crippen molar-refractivity contribution < 1.29 is 4.39 Å². The highest BCUT2D eigenvalue weighted by molar-refractivity contribution is 5.77. The van der Waals surface area contributed by atoms with Gasteiger partial charge in [-0.25, -0.2) is 9.37 Å². The van der Waals surface area contributed by atoms with Crippen LogP contribution >= 0.6 is 0 Å². The van der Waals surface area contributed by atoms with Gasteiger partial charge >= 0.3 is 0 Å². The van der Waals surface area contributed by atoms with Crippen LogP contribution in [0, 0.1) is 11.3 Å². The van der Waals surface area contributed by atoms with Crippen molar-refractivity contribution in [3.8, 4) is 6.07 Å². The van der Waals surface area contributed by atoms with Gasteiger partial charge in [0.25, 0.3) is 5.56 Å². The summed E-state index contributed by atoms with van der Waals surface area (Å²) in [6.07, 6.45) is 5.15. The maximum absolute atomic E-state index is 14.1. The van der Waals surface area contributed by atoms with Gasteiger partial charge in [-0.2, -0.15) is 10.2 Å². The first kappa shape index (κ1) is 16.9. The average Bonchev–Trinajstić information content (AvgIpc) is 3.17. The fraction of sp³-hybridized carbons (Fsp3) is 0.556. The number of hydrogen-bond donors (Lipinski definition) is 2. The van der Waals surface area contributed by atoms with Gasteiger partial charge in [0.1, 0.15) is 23.5 Å². The van der Waals surface area contributed by atoms with Crippen LogP contribution < -0.4 is 16.2 Å². The Hall–Kier alpha value is -2.53. The van der Waals surface area contributed by atoms with Gasteiger partial charge in [-0.1, -0.05) is 12.8 Å². The molecule has 3 heterocycles. The number of fused-ring (bicyclic) bond motifs is 1. The normalized spacial score (nSPS) is 23.8. The monoisotopic (exact) mass is 356 g/mol. The summed E-state index contributed by atoms with van der Waals surface area (Å²) in [6.45, 7) is 1.05. The maximum Gasteiger partial charge on any atom is 0.270 e. The third kappa shape index (κ3) is 3.03. The molecule has 1 saturated carbocycles. The van der Waals surface area contributed by atoms with E-state index in [0.29, 0.717) is 29.9 Å². The van der Waals surface area contributed by atoms with Gasteiger partial charge in [-0.05, 0) is 31.9 Å². The Morgan fingerprint density at radius 1 is 1.35 bits per heavy atom. The van der Waals surface area contributed by atoms with Crippen LogP contribution in [-0.2, 0) is 0 Å². The van der Waals surface area contributed by atoms with Gasteiger partial charge in [-0.15, -0.1) is 0 Å². The smallest absolute Gasteiger partial charge is 0.270 e. The fourth-order valence-corrected chi connectivity index (χ4v) is 3.92. The molecule has 2 atom stereocenters. The van der Waals surface area contributed by atoms with E-state index in [0.717, 1.165) is 32.2 Å². The minimum Gasteiger partial charge on any atom is -0.348 e. The van der Waals surface area contributed by atoms with Crippen LogP contribution in [0.2, 0.25) is 0 Å². The second kappa shape index (κ2) is 7.00. The van der Waals surface area contributed by atoms with Gasteiger partial charge in [-0.3, -0.25) is 9.36 Å². The molecule has 2 aromatic rings. The highest BCUT2D eigenvalue weighted by Crippen LogP contribution is 2.30. The van der Waals surface area contributed by atoms with Gasteiger partial charge in [0.05, 0.1) is 6.04 Å². The molecule has 2 unspecified atom stereocenters. The Balaban J connectivity index is 1.77. The lowest BCUT2D eigenvalue weighted by atomic mass is 10.1. The molecule has 0 radical (unpaired) electrons. The minimum atomic E-state index is -1.01. The summed E-state index contributed by atoms with van der Waals surface area (Å²) in [5, 5.41) is 16.0. The van der Waals surface area contributed by atoms with Crippen LogP contribution in [0.4, 0.5) is 10.3 Å². The number of nitrogens with zero attached hydrogens (tertiary/aromatic N) is 4. The first-order valence-corrected chi connectivity index (χ1v) is 9.11. The van der Waals surface area contributed by atoms with E-state index in [1.807, 2.05) is 6.07 Å². The first-order chi connectivity index (χ1) is 12.7. The summed E-state index contributed by atoms with van der Waals surface area (Å²) >= 11 is 0. The Morgan fingerprint density at radius 3 is 2.88 bits per heavy atom. The zero-order valence-electron chi connectivity index (χ0n) is 14.4. The predicted molar refractivity (Wildman–Crippen MR) is 95.8 cm³/mol. The highest BCUT2D eigenvalue weighted by Gasteiger charge is 2.26. The summed E-state index contributed by atoms with van der Waals surface area (Å²) in [6, 6.07) is 3.21. The zero-order chi connectivity index (χ0) is 18.1. The van der Waals surface area contributed by atoms with E-state index in [9.17, 15) is 14.4 Å². The lowest BCUT2D eigenvalue weighted by Crippen LogP contribution is -2.45. The van der Waals surface area contributed by atoms with E-state index in [1.54, 1.807) is 10.8 Å². The first-order valence-electron chi connectivity index (χ1n) is 9.11. The molecule has 2 aliphatic rings. The molecule has 8 heteroatoms. The van der Waals surface area contributed by atoms with Crippen LogP contribution in [0.1, 0.15) is 43.7 Å². The quantitative estimate of drug-likeness (QED) is 0.872. The summed E-state index contributed by atoms with van der Waals surface area (Å²) in [7, 11) is 0. The SMILES string of the molecule is N#Cc1cc2cnc(NC3CCNCC3F)nc2n(C2CCCC2)c1=O. The minimum absolute atomic E-state index is 0.0499. The third-order valence-electron chi connectivity index (χ3n) is 5.31. The molecule has 0 spiro atoms. The van der Waals surface area contributed by atoms with E-state index in [-0.39, 0.29) is 23.2 Å². The van der Waals surface area contributed by atoms with Crippen molar-refractivity contribution in [2.45, 2.75) is 50.4 Å². The Bertz CT molecular complexity index is 914. The van der Waals surface area contributed by atoms with Crippen LogP contribution in [0.5, 0.6) is 0 Å². The molecule has 4 rings (SSSR count). The molecule has 2 aromatic heterocycles. The van der Waals surface area contributed by atoms with Gasteiger partial charge in [0, 0.05) is 24.2 Å². The molecule has 26 heavy (non-hydrogen) atoms. The lowest BCUT2D eigenvalue weighted by Gasteiger charge is -2.27. The van der Waals surface area contributed by atoms with E-state index in [2.05, 4.69) is 20.6 Å². The largest absolute Gasteiger partial charge is 0.348 e. The zero-order valence-corrected chi connectivity index (χ0v) is 14.4. The number of pyridine rings is 1. The predicted octanol–water partition coefficient (Wildman–Crippen LogP) is 1.89. The molecule has 1 aliphatic heterocycles. The number of rotatable bonds is 3. The number of piperidine rings is 1. The molecule has 0 aromatic carbocycles. The summed E-state index contributed by atoms with van der Waals surface area (Å²) in [5.74, 6) is 0.322. The third-order valence-corrected chi connectivity index (χ3v) is 5.31. The average molecular weight is 356 g/mol. The van der Waals surface area contributed by atoms with Crippen LogP contribution in [0.3, 0.4) is 0 Å². The number of hydrogen-bond acceptors (Lipinski definition) is 6. The maximum atomic E-state index is 14.1. The van der Waals surface area contributed by atoms with E-state index in [1.165, 1.54) is 6.07 Å². The van der Waals surface area contributed by atoms with Crippen molar-refractivity contribution >= 4 is 17.0 Å². The number of nitriles is 1.